The van der Waals surface area contributed by atoms with Crippen LogP contribution in [0, 0.1) is 13.8 Å². The molecule has 0 saturated heterocycles. The number of ether oxygens (including phenoxy) is 3. The van der Waals surface area contributed by atoms with Crippen molar-refractivity contribution in [1.29, 1.82) is 0 Å². The summed E-state index contributed by atoms with van der Waals surface area (Å²) in [6.07, 6.45) is 0. The van der Waals surface area contributed by atoms with Gasteiger partial charge in [0, 0.05) is 5.69 Å². The second-order valence-electron chi connectivity index (χ2n) is 5.74. The molecule has 0 unspecified atom stereocenters. The van der Waals surface area contributed by atoms with Gasteiger partial charge in [-0.3, -0.25) is 4.79 Å². The molecule has 0 aliphatic rings. The molecule has 1 amide bonds. The highest BCUT2D eigenvalue weighted by Gasteiger charge is 2.14. The van der Waals surface area contributed by atoms with Gasteiger partial charge in [-0.2, -0.15) is 0 Å². The Morgan fingerprint density at radius 3 is 2.50 bits per heavy atom. The summed E-state index contributed by atoms with van der Waals surface area (Å²) in [5.74, 6) is -0.0318. The number of esters is 1. The van der Waals surface area contributed by atoms with Crippen LogP contribution < -0.4 is 14.8 Å². The van der Waals surface area contributed by atoms with Gasteiger partial charge in [0.2, 0.25) is 0 Å². The Balaban J connectivity index is 1.98. The molecule has 0 aromatic heterocycles. The van der Waals surface area contributed by atoms with E-state index in [-0.39, 0.29) is 12.2 Å². The molecule has 0 spiro atoms. The highest BCUT2D eigenvalue weighted by molar-refractivity contribution is 5.96. The van der Waals surface area contributed by atoms with Crippen LogP contribution in [0.1, 0.15) is 28.4 Å². The summed E-state index contributed by atoms with van der Waals surface area (Å²) in [5.41, 5.74) is 2.96. The van der Waals surface area contributed by atoms with E-state index >= 15 is 0 Å². The fraction of sp³-hybridized carbons (Fsp3) is 0.300. The normalized spacial score (nSPS) is 10.2. The Kier molecular flexibility index (Phi) is 6.60. The minimum absolute atomic E-state index is 0.286. The standard InChI is InChI=1S/C20H23NO5/c1-5-25-18-11-15(8-9-17(18)24-4)20(23)26-12-19(22)21-16-10-13(2)6-7-14(16)3/h6-11H,5,12H2,1-4H3,(H,21,22). The van der Waals surface area contributed by atoms with Crippen LogP contribution in [0.3, 0.4) is 0 Å². The number of aryl methyl sites for hydroxylation is 2. The van der Waals surface area contributed by atoms with E-state index < -0.39 is 11.9 Å². The van der Waals surface area contributed by atoms with Crippen LogP contribution in [0.4, 0.5) is 5.69 Å². The Labute approximate surface area is 153 Å². The molecular weight excluding hydrogens is 334 g/mol. The summed E-state index contributed by atoms with van der Waals surface area (Å²) in [5, 5.41) is 2.75. The molecule has 6 heteroatoms. The number of hydrogen-bond donors (Lipinski definition) is 1. The van der Waals surface area contributed by atoms with Gasteiger partial charge in [0.15, 0.2) is 18.1 Å². The molecule has 0 heterocycles. The number of hydrogen-bond acceptors (Lipinski definition) is 5. The van der Waals surface area contributed by atoms with Crippen molar-refractivity contribution < 1.29 is 23.8 Å². The fourth-order valence-electron chi connectivity index (χ4n) is 2.34. The van der Waals surface area contributed by atoms with E-state index in [0.717, 1.165) is 11.1 Å². The van der Waals surface area contributed by atoms with E-state index in [0.29, 0.717) is 23.8 Å². The fourth-order valence-corrected chi connectivity index (χ4v) is 2.34. The summed E-state index contributed by atoms with van der Waals surface area (Å²) < 4.78 is 15.7. The molecule has 0 fully saturated rings. The molecule has 0 bridgehead atoms. The van der Waals surface area contributed by atoms with E-state index in [1.807, 2.05) is 39.0 Å². The van der Waals surface area contributed by atoms with Gasteiger partial charge in [0.25, 0.3) is 5.91 Å². The third kappa shape index (κ3) is 4.99. The first-order chi connectivity index (χ1) is 12.4. The van der Waals surface area contributed by atoms with Gasteiger partial charge in [0.05, 0.1) is 19.3 Å². The number of anilines is 1. The van der Waals surface area contributed by atoms with E-state index in [1.54, 1.807) is 12.1 Å². The van der Waals surface area contributed by atoms with Crippen molar-refractivity contribution in [1.82, 2.24) is 0 Å². The summed E-state index contributed by atoms with van der Waals surface area (Å²) in [6, 6.07) is 10.5. The van der Waals surface area contributed by atoms with Crippen LogP contribution in [0.5, 0.6) is 11.5 Å². The van der Waals surface area contributed by atoms with Gasteiger partial charge in [-0.15, -0.1) is 0 Å². The van der Waals surface area contributed by atoms with Crippen molar-refractivity contribution in [2.75, 3.05) is 25.6 Å². The largest absolute Gasteiger partial charge is 0.493 e. The number of carbonyl (C=O) groups is 2. The minimum atomic E-state index is -0.607. The molecule has 0 atom stereocenters. The summed E-state index contributed by atoms with van der Waals surface area (Å²) in [4.78, 5) is 24.2. The quantitative estimate of drug-likeness (QED) is 0.768. The predicted octanol–water partition coefficient (Wildman–Crippen LogP) is 3.51. The van der Waals surface area contributed by atoms with Crippen molar-refractivity contribution in [3.8, 4) is 11.5 Å². The first kappa shape index (κ1) is 19.3. The zero-order valence-corrected chi connectivity index (χ0v) is 15.4. The zero-order valence-electron chi connectivity index (χ0n) is 15.4. The lowest BCUT2D eigenvalue weighted by molar-refractivity contribution is -0.119. The molecule has 6 nitrogen and oxygen atoms in total. The first-order valence-electron chi connectivity index (χ1n) is 8.29. The molecule has 26 heavy (non-hydrogen) atoms. The molecular formula is C20H23NO5. The van der Waals surface area contributed by atoms with Gasteiger partial charge >= 0.3 is 5.97 Å². The average Bonchev–Trinajstić information content (AvgIpc) is 2.63. The Morgan fingerprint density at radius 2 is 1.81 bits per heavy atom. The van der Waals surface area contributed by atoms with Crippen molar-refractivity contribution in [2.24, 2.45) is 0 Å². The third-order valence-electron chi connectivity index (χ3n) is 3.70. The highest BCUT2D eigenvalue weighted by Crippen LogP contribution is 2.28. The van der Waals surface area contributed by atoms with Crippen LogP contribution in [-0.4, -0.2) is 32.2 Å². The maximum Gasteiger partial charge on any atom is 0.338 e. The summed E-state index contributed by atoms with van der Waals surface area (Å²) >= 11 is 0. The zero-order chi connectivity index (χ0) is 19.1. The molecule has 0 saturated carbocycles. The molecule has 1 N–H and O–H groups in total. The predicted molar refractivity (Wildman–Crippen MR) is 99.0 cm³/mol. The summed E-state index contributed by atoms with van der Waals surface area (Å²) in [6.45, 7) is 5.74. The molecule has 2 rings (SSSR count). The lowest BCUT2D eigenvalue weighted by atomic mass is 10.1. The molecule has 138 valence electrons. The maximum atomic E-state index is 12.2. The van der Waals surface area contributed by atoms with Crippen LogP contribution in [0.25, 0.3) is 0 Å². The Bertz CT molecular complexity index is 801. The molecule has 2 aromatic rings. The number of nitrogens with one attached hydrogen (secondary N) is 1. The lowest BCUT2D eigenvalue weighted by Gasteiger charge is -2.12. The van der Waals surface area contributed by atoms with E-state index in [2.05, 4.69) is 5.32 Å². The Morgan fingerprint density at radius 1 is 1.04 bits per heavy atom. The van der Waals surface area contributed by atoms with E-state index in [4.69, 9.17) is 14.2 Å². The van der Waals surface area contributed by atoms with Gasteiger partial charge in [-0.25, -0.2) is 4.79 Å². The van der Waals surface area contributed by atoms with Crippen LogP contribution in [0.2, 0.25) is 0 Å². The van der Waals surface area contributed by atoms with Crippen molar-refractivity contribution >= 4 is 17.6 Å². The number of carbonyl (C=O) groups excluding carboxylic acids is 2. The van der Waals surface area contributed by atoms with Crippen molar-refractivity contribution in [2.45, 2.75) is 20.8 Å². The molecule has 0 aliphatic carbocycles. The molecule has 2 aromatic carbocycles. The highest BCUT2D eigenvalue weighted by atomic mass is 16.5. The Hall–Kier alpha value is -3.02. The van der Waals surface area contributed by atoms with Gasteiger partial charge in [-0.05, 0) is 56.2 Å². The van der Waals surface area contributed by atoms with Crippen LogP contribution >= 0.6 is 0 Å². The second-order valence-corrected chi connectivity index (χ2v) is 5.74. The minimum Gasteiger partial charge on any atom is -0.493 e. The number of methoxy groups -OCH3 is 1. The second kappa shape index (κ2) is 8.89. The van der Waals surface area contributed by atoms with Gasteiger partial charge in [0.1, 0.15) is 0 Å². The lowest BCUT2D eigenvalue weighted by Crippen LogP contribution is -2.21. The number of benzene rings is 2. The van der Waals surface area contributed by atoms with Crippen LogP contribution in [-0.2, 0) is 9.53 Å². The van der Waals surface area contributed by atoms with Gasteiger partial charge in [-0.1, -0.05) is 12.1 Å². The van der Waals surface area contributed by atoms with Crippen molar-refractivity contribution in [3.63, 3.8) is 0 Å². The smallest absolute Gasteiger partial charge is 0.338 e. The first-order valence-corrected chi connectivity index (χ1v) is 8.29. The summed E-state index contributed by atoms with van der Waals surface area (Å²) in [7, 11) is 1.52. The average molecular weight is 357 g/mol. The molecule has 0 radical (unpaired) electrons. The topological polar surface area (TPSA) is 73.9 Å². The van der Waals surface area contributed by atoms with E-state index in [1.165, 1.54) is 13.2 Å². The van der Waals surface area contributed by atoms with Gasteiger partial charge < -0.3 is 19.5 Å². The van der Waals surface area contributed by atoms with Crippen molar-refractivity contribution in [3.05, 3.63) is 53.1 Å². The van der Waals surface area contributed by atoms with Crippen LogP contribution in [0.15, 0.2) is 36.4 Å². The number of rotatable bonds is 7. The SMILES string of the molecule is CCOc1cc(C(=O)OCC(=O)Nc2cc(C)ccc2C)ccc1OC. The monoisotopic (exact) mass is 357 g/mol. The third-order valence-corrected chi connectivity index (χ3v) is 3.70. The maximum absolute atomic E-state index is 12.2. The number of amides is 1. The van der Waals surface area contributed by atoms with E-state index in [9.17, 15) is 9.59 Å². The molecule has 0 aliphatic heterocycles.